The molecule has 6 nitrogen and oxygen atoms in total. The Morgan fingerprint density at radius 2 is 1.80 bits per heavy atom. The van der Waals surface area contributed by atoms with Gasteiger partial charge in [-0.3, -0.25) is 14.5 Å². The van der Waals surface area contributed by atoms with E-state index in [4.69, 9.17) is 9.47 Å². The third-order valence-electron chi connectivity index (χ3n) is 6.38. The summed E-state index contributed by atoms with van der Waals surface area (Å²) >= 11 is 1.38. The summed E-state index contributed by atoms with van der Waals surface area (Å²) in [6, 6.07) is 15.6. The van der Waals surface area contributed by atoms with Crippen molar-refractivity contribution in [3.8, 4) is 11.5 Å². The minimum absolute atomic E-state index is 0.0108. The maximum atomic E-state index is 14.3. The van der Waals surface area contributed by atoms with Crippen LogP contribution in [-0.4, -0.2) is 30.6 Å². The number of amides is 2. The van der Waals surface area contributed by atoms with Crippen molar-refractivity contribution in [1.82, 2.24) is 5.32 Å². The molecule has 1 fully saturated rings. The van der Waals surface area contributed by atoms with Crippen LogP contribution in [0.25, 0.3) is 0 Å². The molecule has 0 unspecified atom stereocenters. The fourth-order valence-corrected chi connectivity index (χ4v) is 5.49. The van der Waals surface area contributed by atoms with E-state index in [1.807, 2.05) is 23.6 Å². The van der Waals surface area contributed by atoms with Crippen LogP contribution in [0.5, 0.6) is 11.5 Å². The highest BCUT2D eigenvalue weighted by Gasteiger charge is 2.40. The molecular formula is C27H27FN2O4S. The molecule has 2 amide bonds. The first-order valence-electron chi connectivity index (χ1n) is 11.9. The molecule has 1 aromatic heterocycles. The van der Waals surface area contributed by atoms with E-state index in [1.54, 1.807) is 24.3 Å². The lowest BCUT2D eigenvalue weighted by Gasteiger charge is -2.35. The van der Waals surface area contributed by atoms with E-state index in [1.165, 1.54) is 34.4 Å². The van der Waals surface area contributed by atoms with Gasteiger partial charge >= 0.3 is 0 Å². The molecule has 2 heterocycles. The van der Waals surface area contributed by atoms with Gasteiger partial charge in [-0.1, -0.05) is 43.5 Å². The second-order valence-corrected chi connectivity index (χ2v) is 9.79. The van der Waals surface area contributed by atoms with Gasteiger partial charge in [0, 0.05) is 16.6 Å². The molecule has 8 heteroatoms. The SMILES string of the molecule is O=C(NC1CCCCC1)[C@H](c1cccs1)N(C(=O)[C@H]1COc2ccccc2O1)c1cccc(F)c1. The number of halogens is 1. The van der Waals surface area contributed by atoms with Crippen LogP contribution in [0, 0.1) is 5.82 Å². The van der Waals surface area contributed by atoms with Gasteiger partial charge in [0.15, 0.2) is 11.5 Å². The maximum Gasteiger partial charge on any atom is 0.272 e. The molecule has 1 saturated carbocycles. The fraction of sp³-hybridized carbons (Fsp3) is 0.333. The number of anilines is 1. The van der Waals surface area contributed by atoms with Gasteiger partial charge in [-0.05, 0) is 54.6 Å². The number of nitrogens with one attached hydrogen (secondary N) is 1. The molecule has 0 spiro atoms. The number of fused-ring (bicyclic) bond motifs is 1. The van der Waals surface area contributed by atoms with Gasteiger partial charge in [0.2, 0.25) is 12.0 Å². The molecule has 5 rings (SSSR count). The van der Waals surface area contributed by atoms with Crippen LogP contribution < -0.4 is 19.7 Å². The number of hydrogen-bond donors (Lipinski definition) is 1. The molecule has 2 aliphatic rings. The average molecular weight is 495 g/mol. The smallest absolute Gasteiger partial charge is 0.272 e. The molecule has 2 atom stereocenters. The van der Waals surface area contributed by atoms with Crippen molar-refractivity contribution in [1.29, 1.82) is 0 Å². The zero-order valence-corrected chi connectivity index (χ0v) is 20.0. The number of para-hydroxylation sites is 2. The van der Waals surface area contributed by atoms with Crippen LogP contribution in [0.15, 0.2) is 66.0 Å². The van der Waals surface area contributed by atoms with Crippen LogP contribution in [0.1, 0.15) is 43.0 Å². The Bertz CT molecular complexity index is 1180. The molecule has 182 valence electrons. The van der Waals surface area contributed by atoms with E-state index in [0.717, 1.165) is 32.1 Å². The Morgan fingerprint density at radius 1 is 1.00 bits per heavy atom. The molecule has 1 aliphatic heterocycles. The second-order valence-electron chi connectivity index (χ2n) is 8.81. The number of thiophene rings is 1. The van der Waals surface area contributed by atoms with Gasteiger partial charge in [0.1, 0.15) is 18.5 Å². The Hall–Kier alpha value is -3.39. The van der Waals surface area contributed by atoms with Crippen LogP contribution >= 0.6 is 11.3 Å². The van der Waals surface area contributed by atoms with Gasteiger partial charge in [-0.25, -0.2) is 4.39 Å². The van der Waals surface area contributed by atoms with Gasteiger partial charge in [0.25, 0.3) is 5.91 Å². The summed E-state index contributed by atoms with van der Waals surface area (Å²) in [5.74, 6) is -0.241. The monoisotopic (exact) mass is 494 g/mol. The molecular weight excluding hydrogens is 467 g/mol. The number of carbonyl (C=O) groups excluding carboxylic acids is 2. The van der Waals surface area contributed by atoms with E-state index in [0.29, 0.717) is 16.4 Å². The summed E-state index contributed by atoms with van der Waals surface area (Å²) in [5, 5.41) is 5.02. The first kappa shape index (κ1) is 23.4. The third kappa shape index (κ3) is 5.17. The highest BCUT2D eigenvalue weighted by atomic mass is 32.1. The molecule has 1 aliphatic carbocycles. The minimum atomic E-state index is -0.988. The van der Waals surface area contributed by atoms with Crippen molar-refractivity contribution in [2.24, 2.45) is 0 Å². The van der Waals surface area contributed by atoms with E-state index < -0.39 is 23.9 Å². The third-order valence-corrected chi connectivity index (χ3v) is 7.30. The number of hydrogen-bond acceptors (Lipinski definition) is 5. The van der Waals surface area contributed by atoms with Gasteiger partial charge < -0.3 is 14.8 Å². The molecule has 35 heavy (non-hydrogen) atoms. The Labute approximate surface area is 207 Å². The summed E-state index contributed by atoms with van der Waals surface area (Å²) in [6.07, 6.45) is 4.12. The van der Waals surface area contributed by atoms with Gasteiger partial charge in [-0.2, -0.15) is 0 Å². The fourth-order valence-electron chi connectivity index (χ4n) is 4.67. The molecule has 0 bridgehead atoms. The van der Waals surface area contributed by atoms with Crippen LogP contribution in [0.3, 0.4) is 0 Å². The molecule has 3 aromatic rings. The van der Waals surface area contributed by atoms with Crippen molar-refractivity contribution in [2.75, 3.05) is 11.5 Å². The number of ether oxygens (including phenoxy) is 2. The summed E-state index contributed by atoms with van der Waals surface area (Å²) in [6.45, 7) is -0.0108. The first-order chi connectivity index (χ1) is 17.1. The summed E-state index contributed by atoms with van der Waals surface area (Å²) < 4.78 is 26.1. The number of benzene rings is 2. The van der Waals surface area contributed by atoms with E-state index in [-0.39, 0.29) is 24.2 Å². The highest BCUT2D eigenvalue weighted by Crippen LogP contribution is 2.35. The van der Waals surface area contributed by atoms with Crippen molar-refractivity contribution in [3.05, 3.63) is 76.7 Å². The second kappa shape index (κ2) is 10.5. The largest absolute Gasteiger partial charge is 0.485 e. The summed E-state index contributed by atoms with van der Waals surface area (Å²) in [5.41, 5.74) is 0.287. The van der Waals surface area contributed by atoms with Crippen LogP contribution in [0.2, 0.25) is 0 Å². The zero-order chi connectivity index (χ0) is 24.2. The topological polar surface area (TPSA) is 67.9 Å². The Kier molecular flexibility index (Phi) is 6.99. The van der Waals surface area contributed by atoms with Crippen molar-refractivity contribution in [3.63, 3.8) is 0 Å². The van der Waals surface area contributed by atoms with Crippen LogP contribution in [-0.2, 0) is 9.59 Å². The van der Waals surface area contributed by atoms with E-state index in [9.17, 15) is 14.0 Å². The predicted molar refractivity (Wildman–Crippen MR) is 132 cm³/mol. The van der Waals surface area contributed by atoms with Crippen molar-refractivity contribution < 1.29 is 23.5 Å². The number of carbonyl (C=O) groups is 2. The van der Waals surface area contributed by atoms with E-state index in [2.05, 4.69) is 5.32 Å². The standard InChI is InChI=1S/C27H27FN2O4S/c28-18-8-6-11-20(16-18)30(27(32)23-17-33-21-12-4-5-13-22(21)34-23)25(24-14-7-15-35-24)26(31)29-19-9-2-1-3-10-19/h4-8,11-16,19,23,25H,1-3,9-10,17H2,(H,29,31)/t23-,25+/m1/s1. The minimum Gasteiger partial charge on any atom is -0.485 e. The Morgan fingerprint density at radius 3 is 2.54 bits per heavy atom. The number of nitrogens with zero attached hydrogens (tertiary/aromatic N) is 1. The van der Waals surface area contributed by atoms with Gasteiger partial charge in [-0.15, -0.1) is 11.3 Å². The molecule has 0 radical (unpaired) electrons. The lowest BCUT2D eigenvalue weighted by Crippen LogP contribution is -2.52. The summed E-state index contributed by atoms with van der Waals surface area (Å²) in [4.78, 5) is 29.8. The van der Waals surface area contributed by atoms with Crippen molar-refractivity contribution >= 4 is 28.8 Å². The lowest BCUT2D eigenvalue weighted by molar-refractivity contribution is -0.132. The van der Waals surface area contributed by atoms with Gasteiger partial charge in [0.05, 0.1) is 0 Å². The first-order valence-corrected chi connectivity index (χ1v) is 12.8. The quantitative estimate of drug-likeness (QED) is 0.508. The van der Waals surface area contributed by atoms with E-state index >= 15 is 0 Å². The Balaban J connectivity index is 1.51. The molecule has 0 saturated heterocycles. The molecule has 1 N–H and O–H groups in total. The van der Waals surface area contributed by atoms with Crippen molar-refractivity contribution in [2.45, 2.75) is 50.3 Å². The zero-order valence-electron chi connectivity index (χ0n) is 19.2. The average Bonchev–Trinajstić information content (AvgIpc) is 3.41. The molecule has 2 aromatic carbocycles. The highest BCUT2D eigenvalue weighted by molar-refractivity contribution is 7.10. The normalized spacial score (nSPS) is 18.5. The lowest BCUT2D eigenvalue weighted by atomic mass is 9.95. The number of rotatable bonds is 6. The van der Waals surface area contributed by atoms with Crippen LogP contribution in [0.4, 0.5) is 10.1 Å². The maximum absolute atomic E-state index is 14.3. The summed E-state index contributed by atoms with van der Waals surface area (Å²) in [7, 11) is 0. The predicted octanol–water partition coefficient (Wildman–Crippen LogP) is 5.25.